The van der Waals surface area contributed by atoms with Crippen LogP contribution in [0.25, 0.3) is 0 Å². The number of benzene rings is 1. The van der Waals surface area contributed by atoms with Crippen LogP contribution in [0.1, 0.15) is 33.5 Å². The van der Waals surface area contributed by atoms with Crippen LogP contribution in [0.3, 0.4) is 0 Å². The molecule has 0 radical (unpaired) electrons. The van der Waals surface area contributed by atoms with Crippen LogP contribution in [0.4, 0.5) is 14.5 Å². The number of amides is 1. The molecule has 0 aliphatic carbocycles. The van der Waals surface area contributed by atoms with Gasteiger partial charge in [0.25, 0.3) is 11.7 Å². The summed E-state index contributed by atoms with van der Waals surface area (Å²) in [6.07, 6.45) is 0. The maximum atomic E-state index is 13.3. The number of Topliss-reactive ketones (excluding diaryl/α,β-unsaturated/α-hetero) is 1. The van der Waals surface area contributed by atoms with E-state index in [1.165, 1.54) is 24.8 Å². The van der Waals surface area contributed by atoms with Gasteiger partial charge in [-0.3, -0.25) is 9.59 Å². The van der Waals surface area contributed by atoms with Gasteiger partial charge in [0.2, 0.25) is 0 Å². The summed E-state index contributed by atoms with van der Waals surface area (Å²) in [7, 11) is 2.73. The lowest BCUT2D eigenvalue weighted by Crippen LogP contribution is -2.21. The van der Waals surface area contributed by atoms with Crippen molar-refractivity contribution < 1.29 is 32.6 Å². The SMILES string of the molecule is CCOC(=O)C(=O)c1c(OC)c(C(=O)Nc2ccc(F)c(F)c2)c(C)n1C. The van der Waals surface area contributed by atoms with E-state index in [2.05, 4.69) is 5.32 Å². The fraction of sp³-hybridized carbons (Fsp3) is 0.278. The third-order valence-electron chi connectivity index (χ3n) is 3.93. The van der Waals surface area contributed by atoms with E-state index in [0.717, 1.165) is 12.1 Å². The predicted molar refractivity (Wildman–Crippen MR) is 92.0 cm³/mol. The number of esters is 1. The van der Waals surface area contributed by atoms with E-state index in [1.807, 2.05) is 0 Å². The molecule has 0 saturated carbocycles. The maximum Gasteiger partial charge on any atom is 0.381 e. The standard InChI is InChI=1S/C18H18F2N2O5/c1-5-27-18(25)15(23)14-16(26-4)13(9(2)22(14)3)17(24)21-10-6-7-11(19)12(20)8-10/h6-8H,5H2,1-4H3,(H,21,24). The van der Waals surface area contributed by atoms with Crippen LogP contribution < -0.4 is 10.1 Å². The number of methoxy groups -OCH3 is 1. The monoisotopic (exact) mass is 380 g/mol. The summed E-state index contributed by atoms with van der Waals surface area (Å²) >= 11 is 0. The zero-order valence-electron chi connectivity index (χ0n) is 15.2. The average molecular weight is 380 g/mol. The highest BCUT2D eigenvalue weighted by Crippen LogP contribution is 2.31. The molecule has 0 saturated heterocycles. The topological polar surface area (TPSA) is 86.6 Å². The number of halogens is 2. The van der Waals surface area contributed by atoms with Crippen LogP contribution in [0.5, 0.6) is 5.75 Å². The molecule has 0 bridgehead atoms. The van der Waals surface area contributed by atoms with Gasteiger partial charge in [0.05, 0.1) is 13.7 Å². The Morgan fingerprint density at radius 1 is 1.19 bits per heavy atom. The Morgan fingerprint density at radius 3 is 2.41 bits per heavy atom. The molecule has 0 aliphatic heterocycles. The molecule has 7 nitrogen and oxygen atoms in total. The Kier molecular flexibility index (Phi) is 5.94. The van der Waals surface area contributed by atoms with Gasteiger partial charge >= 0.3 is 5.97 Å². The van der Waals surface area contributed by atoms with Gasteiger partial charge in [-0.25, -0.2) is 13.6 Å². The number of hydrogen-bond acceptors (Lipinski definition) is 5. The molecule has 144 valence electrons. The van der Waals surface area contributed by atoms with Crippen molar-refractivity contribution in [2.45, 2.75) is 13.8 Å². The Labute approximate surface area is 153 Å². The van der Waals surface area contributed by atoms with Gasteiger partial charge in [0.15, 0.2) is 17.4 Å². The van der Waals surface area contributed by atoms with E-state index in [0.29, 0.717) is 5.69 Å². The number of rotatable bonds is 6. The lowest BCUT2D eigenvalue weighted by Gasteiger charge is -2.08. The minimum absolute atomic E-state index is 0.0137. The Balaban J connectivity index is 2.45. The molecule has 2 aromatic rings. The Bertz CT molecular complexity index is 921. The van der Waals surface area contributed by atoms with Crippen molar-refractivity contribution in [1.82, 2.24) is 4.57 Å². The van der Waals surface area contributed by atoms with Crippen molar-refractivity contribution >= 4 is 23.3 Å². The third kappa shape index (κ3) is 3.81. The number of ketones is 1. The number of hydrogen-bond donors (Lipinski definition) is 1. The first-order valence-corrected chi connectivity index (χ1v) is 7.94. The highest BCUT2D eigenvalue weighted by Gasteiger charge is 2.32. The Hall–Kier alpha value is -3.23. The third-order valence-corrected chi connectivity index (χ3v) is 3.93. The second-order valence-electron chi connectivity index (χ2n) is 5.53. The summed E-state index contributed by atoms with van der Waals surface area (Å²) in [5.74, 6) is -5.05. The van der Waals surface area contributed by atoms with Gasteiger partial charge in [-0.15, -0.1) is 0 Å². The van der Waals surface area contributed by atoms with E-state index in [9.17, 15) is 23.2 Å². The molecule has 27 heavy (non-hydrogen) atoms. The summed E-state index contributed by atoms with van der Waals surface area (Å²) in [5, 5.41) is 2.41. The van der Waals surface area contributed by atoms with E-state index >= 15 is 0 Å². The number of carbonyl (C=O) groups excluding carboxylic acids is 3. The summed E-state index contributed by atoms with van der Waals surface area (Å²) < 4.78 is 37.6. The first-order chi connectivity index (χ1) is 12.7. The molecule has 1 aromatic heterocycles. The van der Waals surface area contributed by atoms with Crippen LogP contribution in [-0.2, 0) is 16.6 Å². The van der Waals surface area contributed by atoms with E-state index < -0.39 is 29.3 Å². The fourth-order valence-electron chi connectivity index (χ4n) is 2.55. The molecule has 1 aromatic carbocycles. The number of carbonyl (C=O) groups is 3. The van der Waals surface area contributed by atoms with Crippen molar-refractivity contribution in [2.75, 3.05) is 19.0 Å². The number of nitrogens with one attached hydrogen (secondary N) is 1. The molecule has 1 amide bonds. The second-order valence-corrected chi connectivity index (χ2v) is 5.53. The van der Waals surface area contributed by atoms with Crippen molar-refractivity contribution in [2.24, 2.45) is 7.05 Å². The maximum absolute atomic E-state index is 13.3. The molecule has 0 fully saturated rings. The number of ether oxygens (including phenoxy) is 2. The van der Waals surface area contributed by atoms with Crippen molar-refractivity contribution in [3.8, 4) is 5.75 Å². The minimum Gasteiger partial charge on any atom is -0.493 e. The molecule has 1 heterocycles. The van der Waals surface area contributed by atoms with Gasteiger partial charge in [0.1, 0.15) is 11.3 Å². The van der Waals surface area contributed by atoms with Crippen LogP contribution >= 0.6 is 0 Å². The molecule has 2 rings (SSSR count). The van der Waals surface area contributed by atoms with Crippen molar-refractivity contribution in [1.29, 1.82) is 0 Å². The molecular weight excluding hydrogens is 362 g/mol. The zero-order chi connectivity index (χ0) is 20.3. The predicted octanol–water partition coefficient (Wildman–Crippen LogP) is 2.62. The van der Waals surface area contributed by atoms with Gasteiger partial charge in [0, 0.05) is 24.5 Å². The molecule has 0 spiro atoms. The lowest BCUT2D eigenvalue weighted by atomic mass is 10.1. The normalized spacial score (nSPS) is 10.4. The van der Waals surface area contributed by atoms with Gasteiger partial charge in [-0.05, 0) is 26.0 Å². The molecule has 0 aliphatic rings. The number of anilines is 1. The van der Waals surface area contributed by atoms with Gasteiger partial charge < -0.3 is 19.4 Å². The molecule has 1 N–H and O–H groups in total. The first kappa shape index (κ1) is 20.1. The molecule has 0 atom stereocenters. The largest absolute Gasteiger partial charge is 0.493 e. The summed E-state index contributed by atoms with van der Waals surface area (Å²) in [6.45, 7) is 3.11. The zero-order valence-corrected chi connectivity index (χ0v) is 15.2. The highest BCUT2D eigenvalue weighted by molar-refractivity contribution is 6.41. The Morgan fingerprint density at radius 2 is 1.85 bits per heavy atom. The van der Waals surface area contributed by atoms with Crippen molar-refractivity contribution in [3.05, 3.63) is 46.8 Å². The average Bonchev–Trinajstić information content (AvgIpc) is 2.88. The first-order valence-electron chi connectivity index (χ1n) is 7.94. The second kappa shape index (κ2) is 7.98. The highest BCUT2D eigenvalue weighted by atomic mass is 19.2. The summed E-state index contributed by atoms with van der Waals surface area (Å²) in [5.41, 5.74) is 0.184. The van der Waals surface area contributed by atoms with Crippen LogP contribution in [0.15, 0.2) is 18.2 Å². The smallest absolute Gasteiger partial charge is 0.381 e. The van der Waals surface area contributed by atoms with E-state index in [-0.39, 0.29) is 29.3 Å². The molecule has 9 heteroatoms. The van der Waals surface area contributed by atoms with E-state index in [1.54, 1.807) is 13.8 Å². The number of aromatic nitrogens is 1. The van der Waals surface area contributed by atoms with E-state index in [4.69, 9.17) is 9.47 Å². The van der Waals surface area contributed by atoms with Crippen LogP contribution in [-0.4, -0.2) is 35.9 Å². The lowest BCUT2D eigenvalue weighted by molar-refractivity contribution is -0.137. The minimum atomic E-state index is -1.12. The summed E-state index contributed by atoms with van der Waals surface area (Å²) in [4.78, 5) is 36.8. The summed E-state index contributed by atoms with van der Waals surface area (Å²) in [6, 6.07) is 2.88. The molecule has 0 unspecified atom stereocenters. The van der Waals surface area contributed by atoms with Crippen molar-refractivity contribution in [3.63, 3.8) is 0 Å². The van der Waals surface area contributed by atoms with Gasteiger partial charge in [-0.2, -0.15) is 0 Å². The van der Waals surface area contributed by atoms with Crippen LogP contribution in [0.2, 0.25) is 0 Å². The van der Waals surface area contributed by atoms with Gasteiger partial charge in [-0.1, -0.05) is 0 Å². The van der Waals surface area contributed by atoms with Crippen LogP contribution in [0, 0.1) is 18.6 Å². The number of nitrogens with zero attached hydrogens (tertiary/aromatic N) is 1. The molecular formula is C18H18F2N2O5. The fourth-order valence-corrected chi connectivity index (χ4v) is 2.55. The quantitative estimate of drug-likeness (QED) is 0.473.